The number of anilines is 1. The van der Waals surface area contributed by atoms with E-state index in [1.807, 2.05) is 6.92 Å². The van der Waals surface area contributed by atoms with Gasteiger partial charge in [-0.05, 0) is 24.6 Å². The predicted octanol–water partition coefficient (Wildman–Crippen LogP) is 3.36. The number of hydrogen-bond donors (Lipinski definition) is 2. The number of pyridine rings is 1. The molecular weight excluding hydrogens is 271 g/mol. The van der Waals surface area contributed by atoms with Gasteiger partial charge >= 0.3 is 0 Å². The first kappa shape index (κ1) is 13.1. The van der Waals surface area contributed by atoms with Crippen molar-refractivity contribution in [2.24, 2.45) is 0 Å². The van der Waals surface area contributed by atoms with Gasteiger partial charge in [-0.3, -0.25) is 0 Å². The molecule has 0 aliphatic carbocycles. The minimum absolute atomic E-state index is 0.290. The average Bonchev–Trinajstić information content (AvgIpc) is 2.32. The molecule has 0 aliphatic heterocycles. The van der Waals surface area contributed by atoms with Gasteiger partial charge < -0.3 is 10.8 Å². The predicted molar refractivity (Wildman–Crippen MR) is 73.9 cm³/mol. The molecule has 0 fully saturated rings. The van der Waals surface area contributed by atoms with Gasteiger partial charge in [-0.15, -0.1) is 0 Å². The fourth-order valence-electron chi connectivity index (χ4n) is 1.83. The van der Waals surface area contributed by atoms with Crippen LogP contribution < -0.4 is 5.73 Å². The number of rotatable bonds is 2. The van der Waals surface area contributed by atoms with Gasteiger partial charge in [-0.1, -0.05) is 35.3 Å². The van der Waals surface area contributed by atoms with Crippen molar-refractivity contribution < 1.29 is 5.11 Å². The van der Waals surface area contributed by atoms with Gasteiger partial charge in [0, 0.05) is 17.3 Å². The Balaban J connectivity index is 2.55. The molecule has 5 heteroatoms. The van der Waals surface area contributed by atoms with Gasteiger partial charge in [0.2, 0.25) is 0 Å². The normalized spacial score (nSPS) is 12.4. The summed E-state index contributed by atoms with van der Waals surface area (Å²) in [6, 6.07) is 6.90. The summed E-state index contributed by atoms with van der Waals surface area (Å²) in [5.74, 6) is 0.290. The van der Waals surface area contributed by atoms with Crippen molar-refractivity contribution in [3.05, 3.63) is 57.2 Å². The average molecular weight is 283 g/mol. The number of aryl methyl sites for hydroxylation is 1. The number of halogens is 2. The largest absolute Gasteiger partial charge is 0.383 e. The van der Waals surface area contributed by atoms with Gasteiger partial charge in [0.1, 0.15) is 11.9 Å². The van der Waals surface area contributed by atoms with E-state index in [1.165, 1.54) is 0 Å². The third kappa shape index (κ3) is 2.29. The van der Waals surface area contributed by atoms with Gasteiger partial charge in [-0.25, -0.2) is 4.98 Å². The highest BCUT2D eigenvalue weighted by molar-refractivity contribution is 6.42. The minimum Gasteiger partial charge on any atom is -0.383 e. The van der Waals surface area contributed by atoms with Crippen LogP contribution in [0.25, 0.3) is 0 Å². The molecule has 1 heterocycles. The van der Waals surface area contributed by atoms with Crippen LogP contribution in [0.1, 0.15) is 22.8 Å². The summed E-state index contributed by atoms with van der Waals surface area (Å²) in [5, 5.41) is 11.1. The van der Waals surface area contributed by atoms with Crippen LogP contribution in [-0.2, 0) is 0 Å². The molecule has 0 saturated carbocycles. The Morgan fingerprint density at radius 1 is 1.28 bits per heavy atom. The first-order valence-corrected chi connectivity index (χ1v) is 6.11. The lowest BCUT2D eigenvalue weighted by molar-refractivity contribution is 0.220. The number of benzene rings is 1. The third-order valence-corrected chi connectivity index (χ3v) is 3.62. The third-order valence-electron chi connectivity index (χ3n) is 2.79. The molecule has 0 aliphatic rings. The van der Waals surface area contributed by atoms with Crippen LogP contribution in [0.3, 0.4) is 0 Å². The highest BCUT2D eigenvalue weighted by atomic mass is 35.5. The summed E-state index contributed by atoms with van der Waals surface area (Å²) in [7, 11) is 0. The molecule has 0 saturated heterocycles. The maximum Gasteiger partial charge on any atom is 0.129 e. The van der Waals surface area contributed by atoms with E-state index in [0.717, 1.165) is 5.56 Å². The molecule has 0 amide bonds. The van der Waals surface area contributed by atoms with Crippen molar-refractivity contribution in [3.8, 4) is 0 Å². The topological polar surface area (TPSA) is 59.1 Å². The molecule has 3 N–H and O–H groups in total. The van der Waals surface area contributed by atoms with E-state index in [9.17, 15) is 5.11 Å². The number of aliphatic hydroxyl groups excluding tert-OH is 1. The lowest BCUT2D eigenvalue weighted by Gasteiger charge is -2.17. The van der Waals surface area contributed by atoms with Crippen LogP contribution in [0, 0.1) is 6.92 Å². The Bertz CT molecular complexity index is 567. The monoisotopic (exact) mass is 282 g/mol. The smallest absolute Gasteiger partial charge is 0.129 e. The highest BCUT2D eigenvalue weighted by Gasteiger charge is 2.20. The first-order chi connectivity index (χ1) is 8.52. The van der Waals surface area contributed by atoms with Crippen molar-refractivity contribution in [2.75, 3.05) is 5.73 Å². The zero-order valence-corrected chi connectivity index (χ0v) is 11.2. The second-order valence-corrected chi connectivity index (χ2v) is 4.76. The summed E-state index contributed by atoms with van der Waals surface area (Å²) in [6.45, 7) is 1.86. The van der Waals surface area contributed by atoms with Crippen molar-refractivity contribution in [3.63, 3.8) is 0 Å². The molecule has 1 aromatic heterocycles. The van der Waals surface area contributed by atoms with Crippen LogP contribution in [0.15, 0.2) is 30.5 Å². The minimum atomic E-state index is -0.940. The summed E-state index contributed by atoms with van der Waals surface area (Å²) in [6.07, 6.45) is 0.658. The Morgan fingerprint density at radius 3 is 2.67 bits per heavy atom. The van der Waals surface area contributed by atoms with Crippen molar-refractivity contribution in [2.45, 2.75) is 13.0 Å². The number of aliphatic hydroxyl groups is 1. The molecule has 18 heavy (non-hydrogen) atoms. The molecule has 1 unspecified atom stereocenters. The number of nitrogens with zero attached hydrogens (tertiary/aromatic N) is 1. The molecule has 0 radical (unpaired) electrons. The second kappa shape index (κ2) is 5.14. The van der Waals surface area contributed by atoms with E-state index >= 15 is 0 Å². The second-order valence-electron chi connectivity index (χ2n) is 3.97. The van der Waals surface area contributed by atoms with Crippen LogP contribution in [0.5, 0.6) is 0 Å². The SMILES string of the molecule is Cc1ccnc(N)c1C(O)c1cccc(Cl)c1Cl. The van der Waals surface area contributed by atoms with E-state index in [1.54, 1.807) is 30.5 Å². The van der Waals surface area contributed by atoms with E-state index in [0.29, 0.717) is 27.0 Å². The summed E-state index contributed by atoms with van der Waals surface area (Å²) in [4.78, 5) is 3.98. The van der Waals surface area contributed by atoms with E-state index in [2.05, 4.69) is 4.98 Å². The molecule has 2 aromatic rings. The highest BCUT2D eigenvalue weighted by Crippen LogP contribution is 2.35. The standard InChI is InChI=1S/C13H12Cl2N2O/c1-7-5-6-17-13(16)10(7)12(18)8-3-2-4-9(14)11(8)15/h2-6,12,18H,1H3,(H2,16,17). The van der Waals surface area contributed by atoms with E-state index in [-0.39, 0.29) is 0 Å². The number of aromatic nitrogens is 1. The summed E-state index contributed by atoms with van der Waals surface area (Å²) in [5.41, 5.74) is 7.73. The van der Waals surface area contributed by atoms with Crippen molar-refractivity contribution in [1.82, 2.24) is 4.98 Å². The lowest BCUT2D eigenvalue weighted by Crippen LogP contribution is -2.08. The fourth-order valence-corrected chi connectivity index (χ4v) is 2.24. The Labute approximate surface area is 115 Å². The molecule has 2 rings (SSSR count). The van der Waals surface area contributed by atoms with Gasteiger partial charge in [0.25, 0.3) is 0 Å². The number of nitrogen functional groups attached to an aromatic ring is 1. The Kier molecular flexibility index (Phi) is 3.76. The van der Waals surface area contributed by atoms with E-state index < -0.39 is 6.10 Å². The van der Waals surface area contributed by atoms with Gasteiger partial charge in [-0.2, -0.15) is 0 Å². The zero-order valence-electron chi connectivity index (χ0n) is 9.69. The van der Waals surface area contributed by atoms with Crippen LogP contribution in [0.2, 0.25) is 10.0 Å². The van der Waals surface area contributed by atoms with Crippen LogP contribution in [0.4, 0.5) is 5.82 Å². The molecule has 1 atom stereocenters. The lowest BCUT2D eigenvalue weighted by atomic mass is 9.98. The quantitative estimate of drug-likeness (QED) is 0.888. The van der Waals surface area contributed by atoms with Crippen LogP contribution in [-0.4, -0.2) is 10.1 Å². The number of hydrogen-bond acceptors (Lipinski definition) is 3. The van der Waals surface area contributed by atoms with Gasteiger partial charge in [0.05, 0.1) is 10.0 Å². The number of nitrogens with two attached hydrogens (primary N) is 1. The van der Waals surface area contributed by atoms with Crippen molar-refractivity contribution in [1.29, 1.82) is 0 Å². The molecule has 0 spiro atoms. The molecule has 0 bridgehead atoms. The Morgan fingerprint density at radius 2 is 2.00 bits per heavy atom. The maximum atomic E-state index is 10.4. The molecule has 94 valence electrons. The molecule has 1 aromatic carbocycles. The van der Waals surface area contributed by atoms with Gasteiger partial charge in [0.15, 0.2) is 0 Å². The van der Waals surface area contributed by atoms with Crippen molar-refractivity contribution >= 4 is 29.0 Å². The summed E-state index contributed by atoms with van der Waals surface area (Å²) >= 11 is 12.0. The fraction of sp³-hybridized carbons (Fsp3) is 0.154. The van der Waals surface area contributed by atoms with E-state index in [4.69, 9.17) is 28.9 Å². The maximum absolute atomic E-state index is 10.4. The first-order valence-electron chi connectivity index (χ1n) is 5.35. The summed E-state index contributed by atoms with van der Waals surface area (Å²) < 4.78 is 0. The Hall–Kier alpha value is -1.29. The van der Waals surface area contributed by atoms with Crippen LogP contribution >= 0.6 is 23.2 Å². The molecular formula is C13H12Cl2N2O. The zero-order chi connectivity index (χ0) is 13.3. The molecule has 3 nitrogen and oxygen atoms in total.